The van der Waals surface area contributed by atoms with E-state index in [1.165, 1.54) is 111 Å². The minimum atomic E-state index is -0.372. The van der Waals surface area contributed by atoms with Gasteiger partial charge in [-0.25, -0.2) is 0 Å². The fraction of sp³-hybridized carbons (Fsp3) is 0.0154. The number of hydrogen-bond acceptors (Lipinski definition) is 1. The van der Waals surface area contributed by atoms with E-state index in [0.717, 1.165) is 17.1 Å². The van der Waals surface area contributed by atoms with Crippen LogP contribution < -0.4 is 4.90 Å². The summed E-state index contributed by atoms with van der Waals surface area (Å²) in [6.07, 6.45) is 0. The van der Waals surface area contributed by atoms with E-state index < -0.39 is 0 Å². The lowest BCUT2D eigenvalue weighted by molar-refractivity contribution is 0.794. The third kappa shape index (κ3) is 5.23. The number of rotatable bonds is 6. The molecule has 3 aliphatic rings. The van der Waals surface area contributed by atoms with Crippen LogP contribution in [-0.4, -0.2) is 0 Å². The van der Waals surface area contributed by atoms with Crippen molar-refractivity contribution in [2.24, 2.45) is 0 Å². The zero-order valence-electron chi connectivity index (χ0n) is 36.1. The summed E-state index contributed by atoms with van der Waals surface area (Å²) in [6.45, 7) is 0. The number of benzene rings is 11. The lowest BCUT2D eigenvalue weighted by Crippen LogP contribution is -2.25. The average Bonchev–Trinajstić information content (AvgIpc) is 4.00. The van der Waals surface area contributed by atoms with Crippen molar-refractivity contribution in [1.82, 2.24) is 0 Å². The molecule has 0 heterocycles. The van der Waals surface area contributed by atoms with Crippen molar-refractivity contribution in [1.29, 1.82) is 0 Å². The second-order valence-electron chi connectivity index (χ2n) is 17.9. The number of hydrogen-bond donors (Lipinski definition) is 0. The van der Waals surface area contributed by atoms with E-state index in [2.05, 4.69) is 254 Å². The average molecular weight is 836 g/mol. The summed E-state index contributed by atoms with van der Waals surface area (Å²) in [5.41, 5.74) is 26.2. The summed E-state index contributed by atoms with van der Waals surface area (Å²) in [5, 5.41) is 2.66. The van der Waals surface area contributed by atoms with Crippen LogP contribution in [0.4, 0.5) is 17.1 Å². The van der Waals surface area contributed by atoms with Gasteiger partial charge in [0.05, 0.1) is 5.41 Å². The monoisotopic (exact) mass is 835 g/mol. The minimum Gasteiger partial charge on any atom is -0.311 e. The summed E-state index contributed by atoms with van der Waals surface area (Å²) in [6, 6.07) is 92.3. The Bertz CT molecular complexity index is 3680. The standard InChI is InChI=1S/C65H41N/c1-2-13-42(14-3-1)43-27-34-48(35-28-43)66(49-36-29-44(30-37-49)47-33-40-52-55-21-10-15-46-16-11-22-56(63(46)55)58(52)41-47)50-38-31-45(32-39-50)51-20-12-26-62-64(51)57-19-6-9-25-61(57)65(62)59-23-7-4-17-53(59)54-18-5-8-24-60(54)65/h1-41H. The first-order chi connectivity index (χ1) is 32.7. The van der Waals surface area contributed by atoms with Crippen molar-refractivity contribution in [3.05, 3.63) is 271 Å². The van der Waals surface area contributed by atoms with Crippen LogP contribution in [0.1, 0.15) is 22.3 Å². The van der Waals surface area contributed by atoms with Crippen molar-refractivity contribution < 1.29 is 0 Å². The Hall–Kier alpha value is -8.52. The van der Waals surface area contributed by atoms with E-state index >= 15 is 0 Å². The summed E-state index contributed by atoms with van der Waals surface area (Å²) < 4.78 is 0. The molecule has 0 unspecified atom stereocenters. The molecule has 11 aromatic carbocycles. The van der Waals surface area contributed by atoms with Gasteiger partial charge in [0.2, 0.25) is 0 Å². The van der Waals surface area contributed by atoms with E-state index in [4.69, 9.17) is 0 Å². The SMILES string of the molecule is c1ccc(-c2ccc(N(c3ccc(-c4ccc5c(c4)-c4cccc6cccc-5c46)cc3)c3ccc(-c4cccc5c4-c4ccccc4C54c5ccccc5-c5ccccc54)cc3)cc2)cc1. The smallest absolute Gasteiger partial charge is 0.0725 e. The Balaban J connectivity index is 0.867. The quantitative estimate of drug-likeness (QED) is 0.161. The predicted octanol–water partition coefficient (Wildman–Crippen LogP) is 17.3. The Morgan fingerprint density at radius 2 is 0.667 bits per heavy atom. The second-order valence-corrected chi connectivity index (χ2v) is 17.9. The van der Waals surface area contributed by atoms with Crippen molar-refractivity contribution in [3.8, 4) is 77.9 Å². The summed E-state index contributed by atoms with van der Waals surface area (Å²) in [7, 11) is 0. The molecule has 14 rings (SSSR count). The molecule has 0 radical (unpaired) electrons. The van der Waals surface area contributed by atoms with Gasteiger partial charge < -0.3 is 4.90 Å². The van der Waals surface area contributed by atoms with Gasteiger partial charge in [0, 0.05) is 17.1 Å². The first kappa shape index (κ1) is 36.9. The van der Waals surface area contributed by atoms with Gasteiger partial charge in [0.1, 0.15) is 0 Å². The minimum absolute atomic E-state index is 0.372. The van der Waals surface area contributed by atoms with Crippen molar-refractivity contribution >= 4 is 27.8 Å². The molecule has 66 heavy (non-hydrogen) atoms. The molecule has 0 fully saturated rings. The summed E-state index contributed by atoms with van der Waals surface area (Å²) in [4.78, 5) is 2.38. The second kappa shape index (κ2) is 14.2. The van der Waals surface area contributed by atoms with Gasteiger partial charge in [0.15, 0.2) is 0 Å². The van der Waals surface area contributed by atoms with Crippen LogP contribution in [-0.2, 0) is 5.41 Å². The van der Waals surface area contributed by atoms with Gasteiger partial charge in [-0.2, -0.15) is 0 Å². The normalized spacial score (nSPS) is 13.0. The van der Waals surface area contributed by atoms with Crippen LogP contribution in [0.15, 0.2) is 249 Å². The Morgan fingerprint density at radius 1 is 0.242 bits per heavy atom. The Kier molecular flexibility index (Phi) is 7.97. The van der Waals surface area contributed by atoms with Crippen LogP contribution in [0.5, 0.6) is 0 Å². The molecule has 1 spiro atoms. The van der Waals surface area contributed by atoms with Gasteiger partial charge in [-0.1, -0.05) is 206 Å². The molecule has 0 saturated carbocycles. The Labute approximate surface area is 385 Å². The van der Waals surface area contributed by atoms with Crippen molar-refractivity contribution in [2.75, 3.05) is 4.90 Å². The third-order valence-corrected chi connectivity index (χ3v) is 14.7. The molecule has 306 valence electrons. The maximum Gasteiger partial charge on any atom is 0.0725 e. The van der Waals surface area contributed by atoms with Gasteiger partial charge >= 0.3 is 0 Å². The van der Waals surface area contributed by atoms with E-state index in [0.29, 0.717) is 0 Å². The lowest BCUT2D eigenvalue weighted by Gasteiger charge is -2.30. The van der Waals surface area contributed by atoms with Gasteiger partial charge in [0.25, 0.3) is 0 Å². The predicted molar refractivity (Wildman–Crippen MR) is 276 cm³/mol. The molecule has 0 saturated heterocycles. The zero-order valence-corrected chi connectivity index (χ0v) is 36.1. The molecule has 0 N–H and O–H groups in total. The van der Waals surface area contributed by atoms with E-state index in [9.17, 15) is 0 Å². The molecule has 0 amide bonds. The molecular weight excluding hydrogens is 795 g/mol. The molecule has 0 aromatic heterocycles. The van der Waals surface area contributed by atoms with E-state index in [1.807, 2.05) is 0 Å². The third-order valence-electron chi connectivity index (χ3n) is 14.7. The maximum absolute atomic E-state index is 2.38. The molecule has 0 aliphatic heterocycles. The van der Waals surface area contributed by atoms with Gasteiger partial charge in [-0.3, -0.25) is 0 Å². The van der Waals surface area contributed by atoms with Gasteiger partial charge in [-0.15, -0.1) is 0 Å². The highest BCUT2D eigenvalue weighted by molar-refractivity contribution is 6.15. The topological polar surface area (TPSA) is 3.24 Å². The maximum atomic E-state index is 2.38. The fourth-order valence-electron chi connectivity index (χ4n) is 11.8. The molecule has 3 aliphatic carbocycles. The van der Waals surface area contributed by atoms with Crippen molar-refractivity contribution in [2.45, 2.75) is 5.41 Å². The van der Waals surface area contributed by atoms with E-state index in [-0.39, 0.29) is 5.41 Å². The molecule has 11 aromatic rings. The van der Waals surface area contributed by atoms with Crippen LogP contribution >= 0.6 is 0 Å². The molecule has 1 nitrogen and oxygen atoms in total. The highest BCUT2D eigenvalue weighted by atomic mass is 15.1. The lowest BCUT2D eigenvalue weighted by atomic mass is 9.70. The first-order valence-corrected chi connectivity index (χ1v) is 23.0. The summed E-state index contributed by atoms with van der Waals surface area (Å²) >= 11 is 0. The van der Waals surface area contributed by atoms with Crippen LogP contribution in [0.25, 0.3) is 88.7 Å². The van der Waals surface area contributed by atoms with Gasteiger partial charge in [-0.05, 0) is 153 Å². The van der Waals surface area contributed by atoms with Crippen LogP contribution in [0.3, 0.4) is 0 Å². The largest absolute Gasteiger partial charge is 0.311 e. The highest BCUT2D eigenvalue weighted by Crippen LogP contribution is 2.64. The van der Waals surface area contributed by atoms with Crippen LogP contribution in [0, 0.1) is 0 Å². The number of anilines is 3. The van der Waals surface area contributed by atoms with E-state index in [1.54, 1.807) is 0 Å². The highest BCUT2D eigenvalue weighted by Gasteiger charge is 2.52. The number of nitrogens with zero attached hydrogens (tertiary/aromatic N) is 1. The molecular formula is C65H41N. The first-order valence-electron chi connectivity index (χ1n) is 23.0. The zero-order chi connectivity index (χ0) is 43.3. The fourth-order valence-corrected chi connectivity index (χ4v) is 11.8. The molecule has 0 atom stereocenters. The molecule has 0 bridgehead atoms. The number of fused-ring (bicyclic) bond motifs is 13. The Morgan fingerprint density at radius 3 is 1.29 bits per heavy atom. The van der Waals surface area contributed by atoms with Crippen LogP contribution in [0.2, 0.25) is 0 Å². The summed E-state index contributed by atoms with van der Waals surface area (Å²) in [5.74, 6) is 0. The van der Waals surface area contributed by atoms with Crippen molar-refractivity contribution in [3.63, 3.8) is 0 Å². The molecule has 1 heteroatoms.